The summed E-state index contributed by atoms with van der Waals surface area (Å²) < 4.78 is 12.7. The van der Waals surface area contributed by atoms with Crippen LogP contribution in [0.25, 0.3) is 0 Å². The maximum Gasteiger partial charge on any atom is 0.207 e. The van der Waals surface area contributed by atoms with Gasteiger partial charge in [-0.15, -0.1) is 0 Å². The highest BCUT2D eigenvalue weighted by Gasteiger charge is 2.20. The first-order valence-electron chi connectivity index (χ1n) is 3.47. The predicted molar refractivity (Wildman–Crippen MR) is 43.1 cm³/mol. The normalized spacial score (nSPS) is 26.4. The Kier molecular flexibility index (Phi) is 1.46. The monoisotopic (exact) mass is 164 g/mol. The van der Waals surface area contributed by atoms with Crippen LogP contribution in [0.5, 0.6) is 0 Å². The van der Waals surface area contributed by atoms with E-state index in [4.69, 9.17) is 0 Å². The topological polar surface area (TPSA) is 41.8 Å². The molecule has 12 heavy (non-hydrogen) atoms. The van der Waals surface area contributed by atoms with Crippen molar-refractivity contribution < 1.29 is 9.18 Å². The maximum atomic E-state index is 12.7. The van der Waals surface area contributed by atoms with Crippen molar-refractivity contribution in [3.05, 3.63) is 23.8 Å². The molecule has 0 saturated carbocycles. The van der Waals surface area contributed by atoms with Crippen LogP contribution in [0.4, 0.5) is 4.39 Å². The number of hydrogen-bond donors (Lipinski definition) is 0. The molecule has 0 spiro atoms. The Morgan fingerprint density at radius 3 is 3.17 bits per heavy atom. The Hall–Kier alpha value is -1.58. The van der Waals surface area contributed by atoms with Gasteiger partial charge >= 0.3 is 0 Å². The fourth-order valence-electron chi connectivity index (χ4n) is 1.08. The van der Waals surface area contributed by atoms with Crippen molar-refractivity contribution in [2.75, 3.05) is 0 Å². The number of nitrogens with zero attached hydrogens (tertiary/aromatic N) is 2. The summed E-state index contributed by atoms with van der Waals surface area (Å²) in [6.07, 6.45) is 3.94. The van der Waals surface area contributed by atoms with Crippen molar-refractivity contribution in [2.45, 2.75) is 6.17 Å². The van der Waals surface area contributed by atoms with Gasteiger partial charge in [-0.2, -0.15) is 10.2 Å². The van der Waals surface area contributed by atoms with Gasteiger partial charge in [0.1, 0.15) is 6.17 Å². The maximum absolute atomic E-state index is 12.7. The summed E-state index contributed by atoms with van der Waals surface area (Å²) in [5.41, 5.74) is 0.747. The molecule has 0 bridgehead atoms. The number of ketones is 1. The zero-order chi connectivity index (χ0) is 8.55. The number of alkyl halides is 1. The number of hydrogen-bond acceptors (Lipinski definition) is 3. The van der Waals surface area contributed by atoms with Crippen LogP contribution in [0.1, 0.15) is 0 Å². The number of halogens is 1. The number of carbonyl (C=O) groups excluding carboxylic acids is 1. The van der Waals surface area contributed by atoms with Gasteiger partial charge in [0.05, 0.1) is 17.5 Å². The molecule has 4 heteroatoms. The molecule has 1 heterocycles. The molecule has 0 saturated heterocycles. The van der Waals surface area contributed by atoms with E-state index in [0.29, 0.717) is 11.3 Å². The quantitative estimate of drug-likeness (QED) is 0.522. The van der Waals surface area contributed by atoms with Crippen molar-refractivity contribution in [1.82, 2.24) is 0 Å². The van der Waals surface area contributed by atoms with Gasteiger partial charge in [0.15, 0.2) is 0 Å². The molecule has 0 amide bonds. The summed E-state index contributed by atoms with van der Waals surface area (Å²) in [7, 11) is 0. The Morgan fingerprint density at radius 2 is 2.33 bits per heavy atom. The molecule has 0 N–H and O–H groups in total. The first-order valence-corrected chi connectivity index (χ1v) is 3.47. The van der Waals surface area contributed by atoms with E-state index in [2.05, 4.69) is 10.2 Å². The molecule has 1 atom stereocenters. The Morgan fingerprint density at radius 1 is 1.50 bits per heavy atom. The van der Waals surface area contributed by atoms with E-state index in [1.54, 1.807) is 0 Å². The summed E-state index contributed by atoms with van der Waals surface area (Å²) in [6.45, 7) is 0. The molecule has 2 aliphatic rings. The van der Waals surface area contributed by atoms with Crippen LogP contribution in [0.2, 0.25) is 0 Å². The van der Waals surface area contributed by atoms with Crippen molar-refractivity contribution in [3.63, 3.8) is 0 Å². The number of Topliss-reactive ketones (excluding diaryl/α,β-unsaturated/α-hetero) is 1. The van der Waals surface area contributed by atoms with Crippen molar-refractivity contribution in [2.24, 2.45) is 10.2 Å². The summed E-state index contributed by atoms with van der Waals surface area (Å²) in [5, 5.41) is 7.15. The number of carbonyl (C=O) groups is 1. The van der Waals surface area contributed by atoms with Crippen LogP contribution < -0.4 is 0 Å². The van der Waals surface area contributed by atoms with Gasteiger partial charge in [-0.1, -0.05) is 0 Å². The zero-order valence-electron chi connectivity index (χ0n) is 6.07. The van der Waals surface area contributed by atoms with Gasteiger partial charge in [-0.25, -0.2) is 4.39 Å². The SMILES string of the molecule is O=C1C=NN=C2C=CC(F)C=C12. The van der Waals surface area contributed by atoms with E-state index in [0.717, 1.165) is 6.21 Å². The lowest BCUT2D eigenvalue weighted by Gasteiger charge is -2.11. The Balaban J connectivity index is 2.46. The van der Waals surface area contributed by atoms with Gasteiger partial charge in [0.2, 0.25) is 5.78 Å². The minimum Gasteiger partial charge on any atom is -0.287 e. The van der Waals surface area contributed by atoms with Gasteiger partial charge in [-0.3, -0.25) is 4.79 Å². The lowest BCUT2D eigenvalue weighted by Crippen LogP contribution is -2.20. The third kappa shape index (κ3) is 1.01. The number of rotatable bonds is 0. The van der Waals surface area contributed by atoms with Gasteiger partial charge < -0.3 is 0 Å². The highest BCUT2D eigenvalue weighted by Crippen LogP contribution is 2.14. The molecular weight excluding hydrogens is 159 g/mol. The third-order valence-corrected chi connectivity index (χ3v) is 1.65. The van der Waals surface area contributed by atoms with Crippen molar-refractivity contribution in [3.8, 4) is 0 Å². The average Bonchev–Trinajstić information content (AvgIpc) is 2.07. The van der Waals surface area contributed by atoms with Gasteiger partial charge in [-0.05, 0) is 18.2 Å². The van der Waals surface area contributed by atoms with Crippen LogP contribution in [-0.4, -0.2) is 23.9 Å². The van der Waals surface area contributed by atoms with E-state index >= 15 is 0 Å². The second kappa shape index (κ2) is 2.48. The van der Waals surface area contributed by atoms with Gasteiger partial charge in [0, 0.05) is 0 Å². The fourth-order valence-corrected chi connectivity index (χ4v) is 1.08. The first kappa shape index (κ1) is 7.09. The molecular formula is C8H5FN2O. The molecule has 0 aromatic rings. The second-order valence-electron chi connectivity index (χ2n) is 2.48. The van der Waals surface area contributed by atoms with E-state index in [-0.39, 0.29) is 5.78 Å². The Labute approximate surface area is 68.0 Å². The van der Waals surface area contributed by atoms with Crippen LogP contribution in [0, 0.1) is 0 Å². The fraction of sp³-hybridized carbons (Fsp3) is 0.125. The van der Waals surface area contributed by atoms with Crippen molar-refractivity contribution >= 4 is 17.7 Å². The second-order valence-corrected chi connectivity index (χ2v) is 2.48. The molecule has 3 nitrogen and oxygen atoms in total. The van der Waals surface area contributed by atoms with Crippen LogP contribution in [0.15, 0.2) is 34.0 Å². The number of fused-ring (bicyclic) bond motifs is 1. The zero-order valence-corrected chi connectivity index (χ0v) is 6.07. The molecule has 0 aromatic carbocycles. The summed E-state index contributed by atoms with van der Waals surface area (Å²) >= 11 is 0. The van der Waals surface area contributed by atoms with Crippen LogP contribution >= 0.6 is 0 Å². The largest absolute Gasteiger partial charge is 0.287 e. The molecule has 1 aliphatic carbocycles. The standard InChI is InChI=1S/C8H5FN2O/c9-5-1-2-7-6(3-5)8(12)4-10-11-7/h1-5H. The molecule has 60 valence electrons. The lowest BCUT2D eigenvalue weighted by molar-refractivity contribution is -0.109. The van der Waals surface area contributed by atoms with E-state index in [9.17, 15) is 9.18 Å². The molecule has 2 rings (SSSR count). The highest BCUT2D eigenvalue weighted by atomic mass is 19.1. The van der Waals surface area contributed by atoms with E-state index in [1.165, 1.54) is 18.2 Å². The molecule has 0 fully saturated rings. The molecule has 0 radical (unpaired) electrons. The van der Waals surface area contributed by atoms with Crippen LogP contribution in [-0.2, 0) is 4.79 Å². The van der Waals surface area contributed by atoms with Gasteiger partial charge in [0.25, 0.3) is 0 Å². The molecule has 0 aromatic heterocycles. The minimum atomic E-state index is -1.19. The first-order chi connectivity index (χ1) is 5.77. The summed E-state index contributed by atoms with van der Waals surface area (Å²) in [5.74, 6) is -0.285. The highest BCUT2D eigenvalue weighted by molar-refractivity contribution is 6.46. The Bertz CT molecular complexity index is 352. The van der Waals surface area contributed by atoms with E-state index in [1.807, 2.05) is 0 Å². The minimum absolute atomic E-state index is 0.285. The average molecular weight is 164 g/mol. The van der Waals surface area contributed by atoms with Crippen LogP contribution in [0.3, 0.4) is 0 Å². The number of allylic oxidation sites excluding steroid dienone is 4. The lowest BCUT2D eigenvalue weighted by atomic mass is 9.99. The third-order valence-electron chi connectivity index (χ3n) is 1.65. The predicted octanol–water partition coefficient (Wildman–Crippen LogP) is 0.830. The summed E-state index contributed by atoms with van der Waals surface area (Å²) in [6, 6.07) is 0. The smallest absolute Gasteiger partial charge is 0.207 e. The summed E-state index contributed by atoms with van der Waals surface area (Å²) in [4.78, 5) is 11.1. The molecule has 1 unspecified atom stereocenters. The van der Waals surface area contributed by atoms with Crippen molar-refractivity contribution in [1.29, 1.82) is 0 Å². The molecule has 1 aliphatic heterocycles. The van der Waals surface area contributed by atoms with E-state index < -0.39 is 6.17 Å².